The van der Waals surface area contributed by atoms with Gasteiger partial charge in [0, 0.05) is 12.1 Å². The zero-order chi connectivity index (χ0) is 14.8. The number of halogens is 2. The molecule has 1 unspecified atom stereocenters. The van der Waals surface area contributed by atoms with Gasteiger partial charge >= 0.3 is 0 Å². The third-order valence-electron chi connectivity index (χ3n) is 4.31. The molecule has 2 aromatic rings. The number of benzene rings is 2. The minimum atomic E-state index is -0.533. The van der Waals surface area contributed by atoms with Crippen LogP contribution in [-0.2, 0) is 19.3 Å². The van der Waals surface area contributed by atoms with Crippen molar-refractivity contribution >= 4 is 0 Å². The maximum absolute atomic E-state index is 13.8. The van der Waals surface area contributed by atoms with Crippen LogP contribution in [0.1, 0.15) is 34.7 Å². The zero-order valence-electron chi connectivity index (χ0n) is 12.1. The van der Waals surface area contributed by atoms with E-state index in [-0.39, 0.29) is 6.04 Å². The molecule has 3 rings (SSSR count). The molecule has 0 amide bonds. The van der Waals surface area contributed by atoms with Crippen molar-refractivity contribution in [3.63, 3.8) is 0 Å². The summed E-state index contributed by atoms with van der Waals surface area (Å²) in [5.74, 6) is -1.01. The fraction of sp³-hybridized carbons (Fsp3) is 0.333. The molecule has 0 saturated heterocycles. The molecule has 0 aromatic heterocycles. The van der Waals surface area contributed by atoms with E-state index in [1.165, 1.54) is 35.2 Å². The summed E-state index contributed by atoms with van der Waals surface area (Å²) in [6.45, 7) is 0. The Labute approximate surface area is 124 Å². The highest BCUT2D eigenvalue weighted by Gasteiger charge is 2.17. The first-order chi connectivity index (χ1) is 10.2. The van der Waals surface area contributed by atoms with Crippen molar-refractivity contribution < 1.29 is 8.78 Å². The van der Waals surface area contributed by atoms with Crippen molar-refractivity contribution in [2.75, 3.05) is 7.05 Å². The van der Waals surface area contributed by atoms with Gasteiger partial charge in [-0.25, -0.2) is 8.78 Å². The molecule has 0 heterocycles. The number of nitrogens with one attached hydrogen (secondary N) is 1. The van der Waals surface area contributed by atoms with E-state index in [1.807, 2.05) is 7.05 Å². The lowest BCUT2D eigenvalue weighted by Crippen LogP contribution is -2.19. The second-order valence-electron chi connectivity index (χ2n) is 5.66. The molecular weight excluding hydrogens is 268 g/mol. The first kappa shape index (κ1) is 14.2. The van der Waals surface area contributed by atoms with Crippen molar-refractivity contribution in [3.05, 3.63) is 70.3 Å². The largest absolute Gasteiger partial charge is 0.313 e. The van der Waals surface area contributed by atoms with Crippen LogP contribution >= 0.6 is 0 Å². The lowest BCUT2D eigenvalue weighted by atomic mass is 9.96. The van der Waals surface area contributed by atoms with Crippen LogP contribution in [0.5, 0.6) is 0 Å². The number of fused-ring (bicyclic) bond motifs is 1. The summed E-state index contributed by atoms with van der Waals surface area (Å²) in [5, 5.41) is 3.24. The van der Waals surface area contributed by atoms with E-state index in [4.69, 9.17) is 0 Å². The summed E-state index contributed by atoms with van der Waals surface area (Å²) in [7, 11) is 1.87. The van der Waals surface area contributed by atoms with Gasteiger partial charge in [0.1, 0.15) is 11.6 Å². The number of likely N-dealkylation sites (N-methyl/N-ethyl adjacent to an activating group) is 1. The number of hydrogen-bond acceptors (Lipinski definition) is 1. The topological polar surface area (TPSA) is 12.0 Å². The van der Waals surface area contributed by atoms with Crippen molar-refractivity contribution in [3.8, 4) is 0 Å². The van der Waals surface area contributed by atoms with E-state index in [2.05, 4.69) is 23.5 Å². The van der Waals surface area contributed by atoms with Crippen molar-refractivity contribution in [1.29, 1.82) is 0 Å². The monoisotopic (exact) mass is 287 g/mol. The zero-order valence-corrected chi connectivity index (χ0v) is 12.1. The molecule has 0 radical (unpaired) electrons. The van der Waals surface area contributed by atoms with Gasteiger partial charge in [-0.15, -0.1) is 0 Å². The Morgan fingerprint density at radius 1 is 1.05 bits per heavy atom. The van der Waals surface area contributed by atoms with Gasteiger partial charge in [-0.05, 0) is 61.1 Å². The molecule has 0 saturated carbocycles. The van der Waals surface area contributed by atoms with Gasteiger partial charge in [-0.2, -0.15) is 0 Å². The Kier molecular flexibility index (Phi) is 4.02. The van der Waals surface area contributed by atoms with Gasteiger partial charge in [0.2, 0.25) is 0 Å². The predicted octanol–water partition coefficient (Wildman–Crippen LogP) is 3.96. The molecule has 21 heavy (non-hydrogen) atoms. The standard InChI is InChI=1S/C18H19F2N/c1-21-18(10-14-7-8-16(19)11-17(14)20)15-6-5-12-3-2-4-13(12)9-15/h5-9,11,18,21H,2-4,10H2,1H3. The van der Waals surface area contributed by atoms with Gasteiger partial charge in [0.25, 0.3) is 0 Å². The first-order valence-electron chi connectivity index (χ1n) is 7.40. The van der Waals surface area contributed by atoms with Crippen LogP contribution in [0.25, 0.3) is 0 Å². The molecule has 1 aliphatic rings. The SMILES string of the molecule is CNC(Cc1ccc(F)cc1F)c1ccc2c(c1)CCC2. The van der Waals surface area contributed by atoms with E-state index < -0.39 is 11.6 Å². The molecule has 0 bridgehead atoms. The predicted molar refractivity (Wildman–Crippen MR) is 80.3 cm³/mol. The van der Waals surface area contributed by atoms with Gasteiger partial charge < -0.3 is 5.32 Å². The fourth-order valence-corrected chi connectivity index (χ4v) is 3.10. The van der Waals surface area contributed by atoms with E-state index in [9.17, 15) is 8.78 Å². The number of aryl methyl sites for hydroxylation is 2. The molecule has 0 fully saturated rings. The lowest BCUT2D eigenvalue weighted by molar-refractivity contribution is 0.540. The first-order valence-corrected chi connectivity index (χ1v) is 7.40. The molecule has 0 aliphatic heterocycles. The molecule has 1 N–H and O–H groups in total. The van der Waals surface area contributed by atoms with Crippen LogP contribution in [0.4, 0.5) is 8.78 Å². The van der Waals surface area contributed by atoms with Crippen molar-refractivity contribution in [2.24, 2.45) is 0 Å². The second-order valence-corrected chi connectivity index (χ2v) is 5.66. The fourth-order valence-electron chi connectivity index (χ4n) is 3.10. The highest BCUT2D eigenvalue weighted by Crippen LogP contribution is 2.27. The summed E-state index contributed by atoms with van der Waals surface area (Å²) in [6, 6.07) is 10.4. The Morgan fingerprint density at radius 2 is 1.86 bits per heavy atom. The van der Waals surface area contributed by atoms with Gasteiger partial charge in [0.15, 0.2) is 0 Å². The molecule has 3 heteroatoms. The summed E-state index contributed by atoms with van der Waals surface area (Å²) in [4.78, 5) is 0. The number of hydrogen-bond donors (Lipinski definition) is 1. The van der Waals surface area contributed by atoms with E-state index in [0.29, 0.717) is 12.0 Å². The summed E-state index contributed by atoms with van der Waals surface area (Å²) in [5.41, 5.74) is 4.55. The Hall–Kier alpha value is -1.74. The quantitative estimate of drug-likeness (QED) is 0.897. The molecule has 1 nitrogen and oxygen atoms in total. The Balaban J connectivity index is 1.85. The summed E-state index contributed by atoms with van der Waals surface area (Å²) < 4.78 is 26.8. The van der Waals surface area contributed by atoms with Crippen LogP contribution in [0.2, 0.25) is 0 Å². The second kappa shape index (κ2) is 5.94. The van der Waals surface area contributed by atoms with E-state index in [1.54, 1.807) is 0 Å². The molecule has 2 aromatic carbocycles. The van der Waals surface area contributed by atoms with E-state index in [0.717, 1.165) is 18.9 Å². The third kappa shape index (κ3) is 2.98. The molecule has 0 spiro atoms. The normalized spacial score (nSPS) is 15.0. The maximum atomic E-state index is 13.8. The van der Waals surface area contributed by atoms with Crippen LogP contribution in [0, 0.1) is 11.6 Å². The molecule has 1 aliphatic carbocycles. The van der Waals surface area contributed by atoms with Gasteiger partial charge in [-0.1, -0.05) is 24.3 Å². The smallest absolute Gasteiger partial charge is 0.129 e. The van der Waals surface area contributed by atoms with Gasteiger partial charge in [0.05, 0.1) is 0 Å². The minimum absolute atomic E-state index is 0.0378. The van der Waals surface area contributed by atoms with Crippen LogP contribution in [0.15, 0.2) is 36.4 Å². The molecule has 110 valence electrons. The Morgan fingerprint density at radius 3 is 2.62 bits per heavy atom. The average Bonchev–Trinajstić information content (AvgIpc) is 2.94. The van der Waals surface area contributed by atoms with Gasteiger partial charge in [-0.3, -0.25) is 0 Å². The van der Waals surface area contributed by atoms with Crippen LogP contribution in [0.3, 0.4) is 0 Å². The third-order valence-corrected chi connectivity index (χ3v) is 4.31. The molecule has 1 atom stereocenters. The summed E-state index contributed by atoms with van der Waals surface area (Å²) in [6.07, 6.45) is 4.02. The minimum Gasteiger partial charge on any atom is -0.313 e. The lowest BCUT2D eigenvalue weighted by Gasteiger charge is -2.18. The Bertz CT molecular complexity index is 652. The highest BCUT2D eigenvalue weighted by molar-refractivity contribution is 5.37. The average molecular weight is 287 g/mol. The van der Waals surface area contributed by atoms with Crippen molar-refractivity contribution in [2.45, 2.75) is 31.7 Å². The van der Waals surface area contributed by atoms with Crippen molar-refractivity contribution in [1.82, 2.24) is 5.32 Å². The molecular formula is C18H19F2N. The van der Waals surface area contributed by atoms with Crippen LogP contribution < -0.4 is 5.32 Å². The summed E-state index contributed by atoms with van der Waals surface area (Å²) >= 11 is 0. The highest BCUT2D eigenvalue weighted by atomic mass is 19.1. The maximum Gasteiger partial charge on any atom is 0.129 e. The van der Waals surface area contributed by atoms with E-state index >= 15 is 0 Å². The van der Waals surface area contributed by atoms with Crippen LogP contribution in [-0.4, -0.2) is 7.05 Å². The number of rotatable bonds is 4.